The van der Waals surface area contributed by atoms with Crippen molar-refractivity contribution in [3.63, 3.8) is 0 Å². The first kappa shape index (κ1) is 19.7. The highest BCUT2D eigenvalue weighted by Crippen LogP contribution is 2.26. The quantitative estimate of drug-likeness (QED) is 0.454. The lowest BCUT2D eigenvalue weighted by Gasteiger charge is -2.13. The largest absolute Gasteiger partial charge is 0.394 e. The SMILES string of the molecule is CC[C@@H](CO)NC(=O)c1cccc(-c2cnc3[nH]c(-c4ccc(F)cc4)cc3c2)n1. The highest BCUT2D eigenvalue weighted by atomic mass is 19.1. The summed E-state index contributed by atoms with van der Waals surface area (Å²) in [5.74, 6) is -0.610. The van der Waals surface area contributed by atoms with Crippen LogP contribution in [0.4, 0.5) is 4.39 Å². The van der Waals surface area contributed by atoms with Crippen LogP contribution in [-0.2, 0) is 0 Å². The Labute approximate surface area is 172 Å². The number of fused-ring (bicyclic) bond motifs is 1. The van der Waals surface area contributed by atoms with Crippen LogP contribution >= 0.6 is 0 Å². The summed E-state index contributed by atoms with van der Waals surface area (Å²) in [7, 11) is 0. The molecule has 0 aliphatic heterocycles. The molecule has 0 saturated carbocycles. The van der Waals surface area contributed by atoms with Crippen molar-refractivity contribution in [2.45, 2.75) is 19.4 Å². The van der Waals surface area contributed by atoms with Gasteiger partial charge in [-0.25, -0.2) is 14.4 Å². The van der Waals surface area contributed by atoms with Crippen LogP contribution in [0.1, 0.15) is 23.8 Å². The van der Waals surface area contributed by atoms with Crippen LogP contribution < -0.4 is 5.32 Å². The summed E-state index contributed by atoms with van der Waals surface area (Å²) >= 11 is 0. The Bertz CT molecular complexity index is 1180. The predicted octanol–water partition coefficient (Wildman–Crippen LogP) is 3.93. The van der Waals surface area contributed by atoms with Crippen molar-refractivity contribution in [2.75, 3.05) is 6.61 Å². The van der Waals surface area contributed by atoms with Crippen LogP contribution in [0.5, 0.6) is 0 Å². The summed E-state index contributed by atoms with van der Waals surface area (Å²) in [6.07, 6.45) is 2.33. The maximum Gasteiger partial charge on any atom is 0.270 e. The average Bonchev–Trinajstić information content (AvgIpc) is 3.21. The maximum absolute atomic E-state index is 13.2. The van der Waals surface area contributed by atoms with Crippen molar-refractivity contribution in [2.24, 2.45) is 0 Å². The lowest BCUT2D eigenvalue weighted by molar-refractivity contribution is 0.0910. The van der Waals surface area contributed by atoms with Gasteiger partial charge in [0, 0.05) is 22.8 Å². The minimum absolute atomic E-state index is 0.119. The number of hydrogen-bond acceptors (Lipinski definition) is 4. The van der Waals surface area contributed by atoms with Gasteiger partial charge in [-0.15, -0.1) is 0 Å². The van der Waals surface area contributed by atoms with Crippen molar-refractivity contribution in [1.82, 2.24) is 20.3 Å². The number of rotatable bonds is 6. The van der Waals surface area contributed by atoms with Gasteiger partial charge in [0.25, 0.3) is 5.91 Å². The van der Waals surface area contributed by atoms with E-state index in [0.29, 0.717) is 17.8 Å². The molecule has 0 aliphatic carbocycles. The summed E-state index contributed by atoms with van der Waals surface area (Å²) in [5, 5.41) is 12.9. The van der Waals surface area contributed by atoms with E-state index in [-0.39, 0.29) is 30.1 Å². The fourth-order valence-corrected chi connectivity index (χ4v) is 3.20. The molecule has 0 bridgehead atoms. The first-order chi connectivity index (χ1) is 14.6. The third kappa shape index (κ3) is 4.06. The number of nitrogens with zero attached hydrogens (tertiary/aromatic N) is 2. The number of hydrogen-bond donors (Lipinski definition) is 3. The number of aliphatic hydroxyl groups is 1. The molecule has 1 amide bonds. The van der Waals surface area contributed by atoms with E-state index < -0.39 is 0 Å². The molecular weight excluding hydrogens is 383 g/mol. The number of halogens is 1. The van der Waals surface area contributed by atoms with Crippen molar-refractivity contribution in [3.05, 3.63) is 72.3 Å². The highest BCUT2D eigenvalue weighted by Gasteiger charge is 2.14. The lowest BCUT2D eigenvalue weighted by atomic mass is 10.1. The second-order valence-corrected chi connectivity index (χ2v) is 7.02. The first-order valence-electron chi connectivity index (χ1n) is 9.71. The molecule has 0 saturated heterocycles. The van der Waals surface area contributed by atoms with Crippen molar-refractivity contribution >= 4 is 16.9 Å². The zero-order valence-electron chi connectivity index (χ0n) is 16.4. The van der Waals surface area contributed by atoms with Crippen molar-refractivity contribution in [3.8, 4) is 22.5 Å². The van der Waals surface area contributed by atoms with Crippen LogP contribution in [0, 0.1) is 5.82 Å². The molecule has 0 fully saturated rings. The smallest absolute Gasteiger partial charge is 0.270 e. The Morgan fingerprint density at radius 2 is 1.97 bits per heavy atom. The summed E-state index contributed by atoms with van der Waals surface area (Å²) in [6, 6.07) is 15.1. The van der Waals surface area contributed by atoms with Gasteiger partial charge >= 0.3 is 0 Å². The molecule has 3 N–H and O–H groups in total. The number of H-pyrrole nitrogens is 1. The van der Waals surface area contributed by atoms with Gasteiger partial charge in [-0.2, -0.15) is 0 Å². The number of aromatic amines is 1. The van der Waals surface area contributed by atoms with E-state index in [4.69, 9.17) is 0 Å². The number of aliphatic hydroxyl groups excluding tert-OH is 1. The zero-order chi connectivity index (χ0) is 21.1. The van der Waals surface area contributed by atoms with E-state index in [2.05, 4.69) is 20.3 Å². The molecule has 4 aromatic rings. The molecule has 152 valence electrons. The molecule has 0 spiro atoms. The molecule has 1 atom stereocenters. The number of pyridine rings is 2. The monoisotopic (exact) mass is 404 g/mol. The maximum atomic E-state index is 13.2. The van der Waals surface area contributed by atoms with Gasteiger partial charge in [0.05, 0.1) is 18.3 Å². The van der Waals surface area contributed by atoms with E-state index in [9.17, 15) is 14.3 Å². The van der Waals surface area contributed by atoms with Gasteiger partial charge in [0.2, 0.25) is 0 Å². The molecular formula is C23H21FN4O2. The Kier molecular flexibility index (Phi) is 5.54. The number of nitrogens with one attached hydrogen (secondary N) is 2. The van der Waals surface area contributed by atoms with Gasteiger partial charge in [-0.3, -0.25) is 4.79 Å². The van der Waals surface area contributed by atoms with Crippen LogP contribution in [-0.4, -0.2) is 38.6 Å². The second-order valence-electron chi connectivity index (χ2n) is 7.02. The topological polar surface area (TPSA) is 90.9 Å². The molecule has 0 radical (unpaired) electrons. The van der Waals surface area contributed by atoms with E-state index >= 15 is 0 Å². The molecule has 4 rings (SSSR count). The molecule has 30 heavy (non-hydrogen) atoms. The first-order valence-corrected chi connectivity index (χ1v) is 9.71. The Hall–Kier alpha value is -3.58. The fraction of sp³-hybridized carbons (Fsp3) is 0.174. The number of carbonyl (C=O) groups is 1. The molecule has 7 heteroatoms. The van der Waals surface area contributed by atoms with Gasteiger partial charge in [-0.1, -0.05) is 13.0 Å². The molecule has 6 nitrogen and oxygen atoms in total. The number of amides is 1. The van der Waals surface area contributed by atoms with E-state index in [1.54, 1.807) is 30.5 Å². The Morgan fingerprint density at radius 3 is 2.70 bits per heavy atom. The predicted molar refractivity (Wildman–Crippen MR) is 113 cm³/mol. The molecule has 3 aromatic heterocycles. The summed E-state index contributed by atoms with van der Waals surface area (Å²) in [4.78, 5) is 24.6. The summed E-state index contributed by atoms with van der Waals surface area (Å²) < 4.78 is 13.2. The summed E-state index contributed by atoms with van der Waals surface area (Å²) in [5.41, 5.74) is 4.09. The van der Waals surface area contributed by atoms with Gasteiger partial charge in [0.15, 0.2) is 0 Å². The highest BCUT2D eigenvalue weighted by molar-refractivity contribution is 5.93. The molecule has 0 aliphatic rings. The minimum atomic E-state index is -0.327. The number of carbonyl (C=O) groups excluding carboxylic acids is 1. The van der Waals surface area contributed by atoms with E-state index in [0.717, 1.165) is 22.2 Å². The third-order valence-corrected chi connectivity index (χ3v) is 4.95. The Morgan fingerprint density at radius 1 is 1.17 bits per heavy atom. The normalized spacial score (nSPS) is 12.1. The van der Waals surface area contributed by atoms with Crippen LogP contribution in [0.3, 0.4) is 0 Å². The van der Waals surface area contributed by atoms with Crippen LogP contribution in [0.15, 0.2) is 60.8 Å². The van der Waals surface area contributed by atoms with Crippen LogP contribution in [0.25, 0.3) is 33.5 Å². The second kappa shape index (κ2) is 8.42. The van der Waals surface area contributed by atoms with Crippen molar-refractivity contribution in [1.29, 1.82) is 0 Å². The zero-order valence-corrected chi connectivity index (χ0v) is 16.4. The molecule has 1 aromatic carbocycles. The standard InChI is InChI=1S/C23H21FN4O2/c1-2-18(13-29)26-23(30)20-5-3-4-19(27-20)16-10-15-11-21(28-22(15)25-12-16)14-6-8-17(24)9-7-14/h3-12,18,29H,2,13H2,1H3,(H,25,28)(H,26,30)/t18-/m0/s1. The average molecular weight is 404 g/mol. The fourth-order valence-electron chi connectivity index (χ4n) is 3.20. The Balaban J connectivity index is 1.63. The summed E-state index contributed by atoms with van der Waals surface area (Å²) in [6.45, 7) is 1.77. The number of aromatic nitrogens is 3. The van der Waals surface area contributed by atoms with Gasteiger partial charge in [0.1, 0.15) is 17.2 Å². The molecule has 0 unspecified atom stereocenters. The van der Waals surface area contributed by atoms with Gasteiger partial charge < -0.3 is 15.4 Å². The lowest BCUT2D eigenvalue weighted by Crippen LogP contribution is -2.37. The van der Waals surface area contributed by atoms with Gasteiger partial charge in [-0.05, 0) is 60.5 Å². The van der Waals surface area contributed by atoms with E-state index in [1.807, 2.05) is 25.1 Å². The van der Waals surface area contributed by atoms with Crippen molar-refractivity contribution < 1.29 is 14.3 Å². The van der Waals surface area contributed by atoms with Crippen LogP contribution in [0.2, 0.25) is 0 Å². The van der Waals surface area contributed by atoms with E-state index in [1.165, 1.54) is 12.1 Å². The molecule has 3 heterocycles. The third-order valence-electron chi connectivity index (χ3n) is 4.95. The number of benzene rings is 1. The minimum Gasteiger partial charge on any atom is -0.394 e.